The van der Waals surface area contributed by atoms with Gasteiger partial charge >= 0.3 is 0 Å². The Morgan fingerprint density at radius 1 is 1.10 bits per heavy atom. The molecule has 21 heavy (non-hydrogen) atoms. The molecule has 0 bridgehead atoms. The quantitative estimate of drug-likeness (QED) is 0.789. The van der Waals surface area contributed by atoms with E-state index >= 15 is 0 Å². The second kappa shape index (κ2) is 5.37. The summed E-state index contributed by atoms with van der Waals surface area (Å²) in [6, 6.07) is 17.8. The van der Waals surface area contributed by atoms with E-state index in [0.717, 1.165) is 25.7 Å². The first kappa shape index (κ1) is 13.9. The van der Waals surface area contributed by atoms with Gasteiger partial charge in [-0.05, 0) is 61.8 Å². The number of aryl methyl sites for hydroxylation is 3. The maximum absolute atomic E-state index is 9.84. The van der Waals surface area contributed by atoms with Crippen molar-refractivity contribution in [2.75, 3.05) is 0 Å². The summed E-state index contributed by atoms with van der Waals surface area (Å²) in [5, 5.41) is 9.84. The standard InChI is InChI=1S/C20H21N/c1-15-7-8-16(2)19(11-15)13-20(14-21)10-9-17-5-3-4-6-18(17)12-20/h3-8,11H,9-10,12-13H2,1-2H3. The van der Waals surface area contributed by atoms with E-state index in [9.17, 15) is 5.26 Å². The maximum atomic E-state index is 9.84. The Balaban J connectivity index is 1.93. The zero-order valence-corrected chi connectivity index (χ0v) is 12.8. The summed E-state index contributed by atoms with van der Waals surface area (Å²) in [4.78, 5) is 0. The summed E-state index contributed by atoms with van der Waals surface area (Å²) in [5.74, 6) is 0. The first-order valence-electron chi connectivity index (χ1n) is 7.66. The lowest BCUT2D eigenvalue weighted by atomic mass is 9.69. The van der Waals surface area contributed by atoms with Crippen molar-refractivity contribution in [1.82, 2.24) is 0 Å². The van der Waals surface area contributed by atoms with Crippen molar-refractivity contribution in [3.05, 3.63) is 70.3 Å². The summed E-state index contributed by atoms with van der Waals surface area (Å²) in [6.45, 7) is 4.27. The van der Waals surface area contributed by atoms with Crippen LogP contribution in [0.3, 0.4) is 0 Å². The van der Waals surface area contributed by atoms with E-state index in [0.29, 0.717) is 0 Å². The predicted octanol–water partition coefficient (Wildman–Crippen LogP) is 4.54. The Bertz CT molecular complexity index is 708. The van der Waals surface area contributed by atoms with Gasteiger partial charge < -0.3 is 0 Å². The van der Waals surface area contributed by atoms with Gasteiger partial charge in [-0.1, -0.05) is 48.0 Å². The Labute approximate surface area is 127 Å². The molecule has 1 atom stereocenters. The average Bonchev–Trinajstić information content (AvgIpc) is 2.51. The molecule has 0 aromatic heterocycles. The number of nitrogens with zero attached hydrogens (tertiary/aromatic N) is 1. The van der Waals surface area contributed by atoms with E-state index in [2.05, 4.69) is 62.4 Å². The highest BCUT2D eigenvalue weighted by atomic mass is 14.4. The Morgan fingerprint density at radius 3 is 2.62 bits per heavy atom. The van der Waals surface area contributed by atoms with Gasteiger partial charge in [0.1, 0.15) is 0 Å². The molecule has 1 heteroatoms. The molecule has 106 valence electrons. The lowest BCUT2D eigenvalue weighted by Gasteiger charge is -2.33. The molecule has 3 rings (SSSR count). The van der Waals surface area contributed by atoms with Crippen LogP contribution in [0.2, 0.25) is 0 Å². The van der Waals surface area contributed by atoms with Gasteiger partial charge in [0, 0.05) is 0 Å². The highest BCUT2D eigenvalue weighted by Gasteiger charge is 2.35. The van der Waals surface area contributed by atoms with Crippen LogP contribution in [0.25, 0.3) is 0 Å². The van der Waals surface area contributed by atoms with Crippen LogP contribution in [0.15, 0.2) is 42.5 Å². The molecule has 1 nitrogen and oxygen atoms in total. The third-order valence-electron chi connectivity index (χ3n) is 4.79. The Morgan fingerprint density at radius 2 is 1.86 bits per heavy atom. The molecule has 1 unspecified atom stereocenters. The largest absolute Gasteiger partial charge is 0.198 e. The van der Waals surface area contributed by atoms with Crippen molar-refractivity contribution in [3.8, 4) is 6.07 Å². The first-order chi connectivity index (χ1) is 10.1. The second-order valence-electron chi connectivity index (χ2n) is 6.44. The number of rotatable bonds is 2. The summed E-state index contributed by atoms with van der Waals surface area (Å²) in [7, 11) is 0. The van der Waals surface area contributed by atoms with Crippen molar-refractivity contribution >= 4 is 0 Å². The van der Waals surface area contributed by atoms with Gasteiger partial charge in [-0.3, -0.25) is 0 Å². The summed E-state index contributed by atoms with van der Waals surface area (Å²) >= 11 is 0. The van der Waals surface area contributed by atoms with Gasteiger partial charge in [0.2, 0.25) is 0 Å². The van der Waals surface area contributed by atoms with Gasteiger partial charge in [0.25, 0.3) is 0 Å². The molecule has 0 saturated heterocycles. The number of fused-ring (bicyclic) bond motifs is 1. The second-order valence-corrected chi connectivity index (χ2v) is 6.44. The monoisotopic (exact) mass is 275 g/mol. The predicted molar refractivity (Wildman–Crippen MR) is 86.1 cm³/mol. The molecule has 2 aromatic rings. The Kier molecular flexibility index (Phi) is 3.55. The molecule has 0 saturated carbocycles. The lowest BCUT2D eigenvalue weighted by molar-refractivity contribution is 0.339. The van der Waals surface area contributed by atoms with Crippen molar-refractivity contribution in [2.45, 2.75) is 39.5 Å². The number of hydrogen-bond acceptors (Lipinski definition) is 1. The fourth-order valence-electron chi connectivity index (χ4n) is 3.44. The molecule has 1 aliphatic rings. The molecule has 0 aliphatic heterocycles. The van der Waals surface area contributed by atoms with Crippen molar-refractivity contribution < 1.29 is 0 Å². The lowest BCUT2D eigenvalue weighted by Crippen LogP contribution is -2.30. The molecule has 0 amide bonds. The zero-order valence-electron chi connectivity index (χ0n) is 12.8. The minimum Gasteiger partial charge on any atom is -0.198 e. The normalized spacial score (nSPS) is 20.6. The molecular formula is C20H21N. The van der Waals surface area contributed by atoms with Crippen molar-refractivity contribution in [1.29, 1.82) is 5.26 Å². The fourth-order valence-corrected chi connectivity index (χ4v) is 3.44. The van der Waals surface area contributed by atoms with Crippen LogP contribution in [0, 0.1) is 30.6 Å². The Hall–Kier alpha value is -2.07. The van der Waals surface area contributed by atoms with Crippen LogP contribution in [0.1, 0.15) is 34.2 Å². The zero-order chi connectivity index (χ0) is 14.9. The molecular weight excluding hydrogens is 254 g/mol. The van der Waals surface area contributed by atoms with Crippen LogP contribution >= 0.6 is 0 Å². The van der Waals surface area contributed by atoms with Gasteiger partial charge in [-0.2, -0.15) is 5.26 Å². The summed E-state index contributed by atoms with van der Waals surface area (Å²) in [5.41, 5.74) is 6.44. The smallest absolute Gasteiger partial charge is 0.0696 e. The average molecular weight is 275 g/mol. The number of hydrogen-bond donors (Lipinski definition) is 0. The van der Waals surface area contributed by atoms with E-state index in [1.807, 2.05) is 0 Å². The van der Waals surface area contributed by atoms with Crippen LogP contribution < -0.4 is 0 Å². The van der Waals surface area contributed by atoms with Crippen LogP contribution in [0.5, 0.6) is 0 Å². The minimum atomic E-state index is -0.243. The molecule has 0 heterocycles. The molecule has 0 radical (unpaired) electrons. The van der Waals surface area contributed by atoms with E-state index < -0.39 is 0 Å². The highest BCUT2D eigenvalue weighted by Crippen LogP contribution is 2.38. The first-order valence-corrected chi connectivity index (χ1v) is 7.66. The molecule has 1 aliphatic carbocycles. The third-order valence-corrected chi connectivity index (χ3v) is 4.79. The van der Waals surface area contributed by atoms with Crippen LogP contribution in [-0.4, -0.2) is 0 Å². The van der Waals surface area contributed by atoms with Gasteiger partial charge in [-0.25, -0.2) is 0 Å². The van der Waals surface area contributed by atoms with Gasteiger partial charge in [-0.15, -0.1) is 0 Å². The third kappa shape index (κ3) is 2.72. The molecule has 2 aromatic carbocycles. The van der Waals surface area contributed by atoms with Gasteiger partial charge in [0.15, 0.2) is 0 Å². The van der Waals surface area contributed by atoms with E-state index in [1.165, 1.54) is 27.8 Å². The fraction of sp³-hybridized carbons (Fsp3) is 0.350. The molecule has 0 spiro atoms. The SMILES string of the molecule is Cc1ccc(C)c(CC2(C#N)CCc3ccccc3C2)c1. The number of benzene rings is 2. The maximum Gasteiger partial charge on any atom is 0.0696 e. The minimum absolute atomic E-state index is 0.243. The molecule has 0 N–H and O–H groups in total. The number of nitriles is 1. The van der Waals surface area contributed by atoms with E-state index in [1.54, 1.807) is 0 Å². The topological polar surface area (TPSA) is 23.8 Å². The summed E-state index contributed by atoms with van der Waals surface area (Å²) in [6.07, 6.45) is 3.74. The van der Waals surface area contributed by atoms with Crippen molar-refractivity contribution in [3.63, 3.8) is 0 Å². The summed E-state index contributed by atoms with van der Waals surface area (Å²) < 4.78 is 0. The highest BCUT2D eigenvalue weighted by molar-refractivity contribution is 5.37. The molecule has 0 fully saturated rings. The van der Waals surface area contributed by atoms with E-state index in [-0.39, 0.29) is 5.41 Å². The van der Waals surface area contributed by atoms with Crippen LogP contribution in [0.4, 0.5) is 0 Å². The van der Waals surface area contributed by atoms with E-state index in [4.69, 9.17) is 0 Å². The van der Waals surface area contributed by atoms with Crippen molar-refractivity contribution in [2.24, 2.45) is 5.41 Å². The van der Waals surface area contributed by atoms with Gasteiger partial charge in [0.05, 0.1) is 11.5 Å². The van der Waals surface area contributed by atoms with Crippen LogP contribution in [-0.2, 0) is 19.3 Å².